The van der Waals surface area contributed by atoms with Gasteiger partial charge in [0.1, 0.15) is 11.3 Å². The van der Waals surface area contributed by atoms with E-state index in [-0.39, 0.29) is 18.8 Å². The van der Waals surface area contributed by atoms with Crippen molar-refractivity contribution in [3.05, 3.63) is 65.5 Å². The highest BCUT2D eigenvalue weighted by Gasteiger charge is 2.17. The number of aromatic nitrogens is 1. The van der Waals surface area contributed by atoms with Gasteiger partial charge >= 0.3 is 5.97 Å². The smallest absolute Gasteiger partial charge is 0.310 e. The molecular formula is C23H21NO5. The molecule has 4 rings (SSSR count). The third-order valence-corrected chi connectivity index (χ3v) is 5.04. The summed E-state index contributed by atoms with van der Waals surface area (Å²) in [6.07, 6.45) is 4.10. The summed E-state index contributed by atoms with van der Waals surface area (Å²) in [6, 6.07) is 11.2. The quantitative estimate of drug-likeness (QED) is 0.372. The molecule has 0 amide bonds. The second kappa shape index (κ2) is 7.83. The van der Waals surface area contributed by atoms with Crippen LogP contribution < -0.4 is 4.74 Å². The van der Waals surface area contributed by atoms with Crippen LogP contribution in [0.15, 0.2) is 53.3 Å². The van der Waals surface area contributed by atoms with Crippen molar-refractivity contribution < 1.29 is 23.5 Å². The third-order valence-electron chi connectivity index (χ3n) is 5.04. The minimum absolute atomic E-state index is 0.0283. The van der Waals surface area contributed by atoms with Gasteiger partial charge in [0.25, 0.3) is 0 Å². The molecule has 0 aliphatic rings. The van der Waals surface area contributed by atoms with Crippen molar-refractivity contribution in [3.8, 4) is 5.75 Å². The van der Waals surface area contributed by atoms with Crippen LogP contribution >= 0.6 is 0 Å². The first kappa shape index (κ1) is 18.8. The number of H-pyrrole nitrogens is 1. The van der Waals surface area contributed by atoms with Gasteiger partial charge in [0.15, 0.2) is 6.61 Å². The van der Waals surface area contributed by atoms with E-state index < -0.39 is 5.97 Å². The molecule has 6 heteroatoms. The molecule has 2 aromatic carbocycles. The maximum Gasteiger partial charge on any atom is 0.310 e. The van der Waals surface area contributed by atoms with Crippen molar-refractivity contribution in [1.82, 2.24) is 4.98 Å². The zero-order valence-corrected chi connectivity index (χ0v) is 16.3. The molecule has 2 heterocycles. The van der Waals surface area contributed by atoms with Crippen molar-refractivity contribution in [1.29, 1.82) is 0 Å². The Labute approximate surface area is 167 Å². The van der Waals surface area contributed by atoms with E-state index in [0.29, 0.717) is 22.5 Å². The van der Waals surface area contributed by atoms with Crippen LogP contribution in [-0.2, 0) is 22.4 Å². The van der Waals surface area contributed by atoms with Gasteiger partial charge in [0.2, 0.25) is 5.78 Å². The van der Waals surface area contributed by atoms with Crippen molar-refractivity contribution in [3.63, 3.8) is 0 Å². The van der Waals surface area contributed by atoms with Gasteiger partial charge in [-0.2, -0.15) is 0 Å². The first-order valence-corrected chi connectivity index (χ1v) is 9.42. The fraction of sp³-hybridized carbons (Fsp3) is 0.217. The lowest BCUT2D eigenvalue weighted by molar-refractivity contribution is -0.141. The standard InChI is InChI=1S/C23H21NO5/c1-3-14-5-4-6-18-19(11-24-23(14)18)20(25)13-29-22(26)9-15-12-28-21-10-16(27-2)7-8-17(15)21/h4-8,10-12,24H,3,9,13H2,1-2H3. The van der Waals surface area contributed by atoms with Crippen LogP contribution in [0.1, 0.15) is 28.4 Å². The molecule has 0 aliphatic carbocycles. The lowest BCUT2D eigenvalue weighted by Gasteiger charge is -2.04. The number of nitrogens with one attached hydrogen (secondary N) is 1. The van der Waals surface area contributed by atoms with Crippen LogP contribution in [0.4, 0.5) is 0 Å². The van der Waals surface area contributed by atoms with E-state index in [2.05, 4.69) is 11.9 Å². The van der Waals surface area contributed by atoms with Crippen molar-refractivity contribution in [2.24, 2.45) is 0 Å². The van der Waals surface area contributed by atoms with Gasteiger partial charge in [0, 0.05) is 39.7 Å². The Morgan fingerprint density at radius 2 is 1.97 bits per heavy atom. The van der Waals surface area contributed by atoms with Gasteiger partial charge in [-0.3, -0.25) is 9.59 Å². The topological polar surface area (TPSA) is 81.5 Å². The number of ketones is 1. The lowest BCUT2D eigenvalue weighted by atomic mass is 10.1. The molecule has 29 heavy (non-hydrogen) atoms. The zero-order valence-electron chi connectivity index (χ0n) is 16.3. The van der Waals surface area contributed by atoms with Crippen molar-refractivity contribution in [2.75, 3.05) is 13.7 Å². The Morgan fingerprint density at radius 1 is 1.10 bits per heavy atom. The summed E-state index contributed by atoms with van der Waals surface area (Å²) in [4.78, 5) is 28.0. The van der Waals surface area contributed by atoms with E-state index in [1.807, 2.05) is 24.3 Å². The molecule has 0 saturated carbocycles. The molecule has 148 valence electrons. The summed E-state index contributed by atoms with van der Waals surface area (Å²) >= 11 is 0. The van der Waals surface area contributed by atoms with Crippen molar-refractivity contribution >= 4 is 33.6 Å². The maximum absolute atomic E-state index is 12.6. The number of hydrogen-bond donors (Lipinski definition) is 1. The van der Waals surface area contributed by atoms with Gasteiger partial charge < -0.3 is 18.9 Å². The number of para-hydroxylation sites is 1. The van der Waals surface area contributed by atoms with Gasteiger partial charge in [-0.25, -0.2) is 0 Å². The molecule has 0 atom stereocenters. The number of fused-ring (bicyclic) bond motifs is 2. The number of aryl methyl sites for hydroxylation is 1. The summed E-state index contributed by atoms with van der Waals surface area (Å²) < 4.78 is 15.9. The minimum atomic E-state index is -0.481. The van der Waals surface area contributed by atoms with Gasteiger partial charge in [-0.05, 0) is 24.1 Å². The van der Waals surface area contributed by atoms with Crippen molar-refractivity contribution in [2.45, 2.75) is 19.8 Å². The molecule has 0 fully saturated rings. The molecule has 6 nitrogen and oxygen atoms in total. The second-order valence-corrected chi connectivity index (χ2v) is 6.78. The fourth-order valence-electron chi connectivity index (χ4n) is 3.50. The predicted molar refractivity (Wildman–Crippen MR) is 109 cm³/mol. The van der Waals surface area contributed by atoms with Gasteiger partial charge in [-0.15, -0.1) is 0 Å². The van der Waals surface area contributed by atoms with Crippen LogP contribution in [0.25, 0.3) is 21.9 Å². The Balaban J connectivity index is 1.43. The first-order valence-electron chi connectivity index (χ1n) is 9.42. The Hall–Kier alpha value is -3.54. The molecule has 0 spiro atoms. The summed E-state index contributed by atoms with van der Waals surface area (Å²) in [5.41, 5.74) is 3.96. The largest absolute Gasteiger partial charge is 0.497 e. The molecule has 0 saturated heterocycles. The number of carbonyl (C=O) groups excluding carboxylic acids is 2. The van der Waals surface area contributed by atoms with Crippen LogP contribution in [0.5, 0.6) is 5.75 Å². The van der Waals surface area contributed by atoms with E-state index >= 15 is 0 Å². The number of carbonyl (C=O) groups is 2. The van der Waals surface area contributed by atoms with E-state index in [9.17, 15) is 9.59 Å². The first-order chi connectivity index (χ1) is 14.1. The number of methoxy groups -OCH3 is 1. The molecule has 4 aromatic rings. The summed E-state index contributed by atoms with van der Waals surface area (Å²) in [6.45, 7) is 1.76. The lowest BCUT2D eigenvalue weighted by Crippen LogP contribution is -2.15. The minimum Gasteiger partial charge on any atom is -0.497 e. The maximum atomic E-state index is 12.6. The highest BCUT2D eigenvalue weighted by atomic mass is 16.5. The molecular weight excluding hydrogens is 370 g/mol. The van der Waals surface area contributed by atoms with Crippen LogP contribution in [0, 0.1) is 0 Å². The van der Waals surface area contributed by atoms with Crippen LogP contribution in [0.2, 0.25) is 0 Å². The normalized spacial score (nSPS) is 11.1. The fourth-order valence-corrected chi connectivity index (χ4v) is 3.50. The molecule has 0 aliphatic heterocycles. The summed E-state index contributed by atoms with van der Waals surface area (Å²) in [7, 11) is 1.58. The number of rotatable bonds is 7. The van der Waals surface area contributed by atoms with Crippen LogP contribution in [-0.4, -0.2) is 30.5 Å². The highest BCUT2D eigenvalue weighted by molar-refractivity contribution is 6.09. The van der Waals surface area contributed by atoms with Gasteiger partial charge in [0.05, 0.1) is 19.8 Å². The van der Waals surface area contributed by atoms with E-state index in [4.69, 9.17) is 13.9 Å². The highest BCUT2D eigenvalue weighted by Crippen LogP contribution is 2.26. The van der Waals surface area contributed by atoms with Gasteiger partial charge in [-0.1, -0.05) is 25.1 Å². The number of ether oxygens (including phenoxy) is 2. The molecule has 0 unspecified atom stereocenters. The predicted octanol–water partition coefficient (Wildman–Crippen LogP) is 4.45. The average Bonchev–Trinajstić information content (AvgIpc) is 3.35. The monoisotopic (exact) mass is 391 g/mol. The Morgan fingerprint density at radius 3 is 2.76 bits per heavy atom. The summed E-state index contributed by atoms with van der Waals surface area (Å²) in [5.74, 6) is -0.0397. The Kier molecular flexibility index (Phi) is 5.08. The number of esters is 1. The summed E-state index contributed by atoms with van der Waals surface area (Å²) in [5, 5.41) is 1.66. The number of Topliss-reactive ketones (excluding diaryl/α,β-unsaturated/α-hetero) is 1. The molecule has 2 aromatic heterocycles. The Bertz CT molecular complexity index is 1200. The van der Waals surface area contributed by atoms with E-state index in [0.717, 1.165) is 28.3 Å². The van der Waals surface area contributed by atoms with E-state index in [1.165, 1.54) is 6.26 Å². The average molecular weight is 391 g/mol. The molecule has 0 radical (unpaired) electrons. The molecule has 1 N–H and O–H groups in total. The van der Waals surface area contributed by atoms with Crippen LogP contribution in [0.3, 0.4) is 0 Å². The number of benzene rings is 2. The number of aromatic amines is 1. The zero-order chi connectivity index (χ0) is 20.4. The van der Waals surface area contributed by atoms with E-state index in [1.54, 1.807) is 25.4 Å². The second-order valence-electron chi connectivity index (χ2n) is 6.78. The number of furan rings is 1. The third kappa shape index (κ3) is 3.61. The number of hydrogen-bond acceptors (Lipinski definition) is 5. The molecule has 0 bridgehead atoms. The SMILES string of the molecule is CCc1cccc2c(C(=O)COC(=O)Cc3coc4cc(OC)ccc34)c[nH]c12.